The number of hydrogen-bond donors (Lipinski definition) is 3. The number of methoxy groups -OCH3 is 1. The minimum atomic E-state index is -0.610. The Morgan fingerprint density at radius 1 is 1.40 bits per heavy atom. The first-order valence-electron chi connectivity index (χ1n) is 5.67. The zero-order valence-corrected chi connectivity index (χ0v) is 12.3. The molecule has 2 aromatic rings. The number of carbonyl (C=O) groups is 1. The van der Waals surface area contributed by atoms with E-state index in [1.165, 1.54) is 12.3 Å². The van der Waals surface area contributed by atoms with E-state index in [0.717, 1.165) is 4.47 Å². The standard InChI is InChI=1S/C13H13BrN4O2/c1-20-11-3-2-7(14)4-10(11)18-13-9(12(16)19)5-8(15)6-17-13/h2-6H,15H2,1H3,(H2,16,19)(H,17,18). The number of nitrogen functional groups attached to an aromatic ring is 1. The van der Waals surface area contributed by atoms with Crippen LogP contribution in [0.1, 0.15) is 10.4 Å². The van der Waals surface area contributed by atoms with Gasteiger partial charge in [-0.2, -0.15) is 0 Å². The average molecular weight is 337 g/mol. The summed E-state index contributed by atoms with van der Waals surface area (Å²) in [6, 6.07) is 6.91. The number of pyridine rings is 1. The van der Waals surface area contributed by atoms with Gasteiger partial charge in [0.25, 0.3) is 5.91 Å². The first-order valence-corrected chi connectivity index (χ1v) is 6.46. The number of nitrogens with zero attached hydrogens (tertiary/aromatic N) is 1. The van der Waals surface area contributed by atoms with Crippen molar-refractivity contribution in [1.82, 2.24) is 4.98 Å². The zero-order valence-electron chi connectivity index (χ0n) is 10.7. The van der Waals surface area contributed by atoms with Gasteiger partial charge in [0.2, 0.25) is 0 Å². The van der Waals surface area contributed by atoms with Gasteiger partial charge in [0.1, 0.15) is 11.6 Å². The minimum absolute atomic E-state index is 0.215. The average Bonchev–Trinajstić information content (AvgIpc) is 2.41. The molecule has 1 heterocycles. The Balaban J connectivity index is 2.44. The molecule has 104 valence electrons. The van der Waals surface area contributed by atoms with E-state index in [1.807, 2.05) is 12.1 Å². The molecule has 0 atom stereocenters. The second-order valence-electron chi connectivity index (χ2n) is 4.00. The molecule has 0 unspecified atom stereocenters. The second kappa shape index (κ2) is 5.79. The fourth-order valence-electron chi connectivity index (χ4n) is 1.67. The van der Waals surface area contributed by atoms with Crippen molar-refractivity contribution >= 4 is 39.0 Å². The van der Waals surface area contributed by atoms with Crippen LogP contribution in [-0.2, 0) is 0 Å². The number of ether oxygens (including phenoxy) is 1. The lowest BCUT2D eigenvalue weighted by Gasteiger charge is -2.13. The number of benzene rings is 1. The lowest BCUT2D eigenvalue weighted by Crippen LogP contribution is -2.15. The maximum atomic E-state index is 11.4. The molecule has 0 saturated heterocycles. The van der Waals surface area contributed by atoms with Crippen molar-refractivity contribution in [2.24, 2.45) is 5.73 Å². The lowest BCUT2D eigenvalue weighted by atomic mass is 10.2. The van der Waals surface area contributed by atoms with Crippen LogP contribution in [0, 0.1) is 0 Å². The van der Waals surface area contributed by atoms with Crippen LogP contribution in [0.5, 0.6) is 5.75 Å². The molecule has 0 radical (unpaired) electrons. The molecule has 0 fully saturated rings. The molecule has 2 rings (SSSR count). The van der Waals surface area contributed by atoms with Gasteiger partial charge in [-0.3, -0.25) is 4.79 Å². The molecule has 7 heteroatoms. The fourth-order valence-corrected chi connectivity index (χ4v) is 2.03. The fraction of sp³-hybridized carbons (Fsp3) is 0.0769. The van der Waals surface area contributed by atoms with Crippen LogP contribution in [0.3, 0.4) is 0 Å². The maximum absolute atomic E-state index is 11.4. The summed E-state index contributed by atoms with van der Waals surface area (Å²) in [6.45, 7) is 0. The van der Waals surface area contributed by atoms with Crippen LogP contribution in [0.15, 0.2) is 34.9 Å². The Kier molecular flexibility index (Phi) is 4.09. The summed E-state index contributed by atoms with van der Waals surface area (Å²) in [5, 5.41) is 3.02. The molecule has 1 amide bonds. The number of primary amides is 1. The first kappa shape index (κ1) is 14.1. The van der Waals surface area contributed by atoms with E-state index in [4.69, 9.17) is 16.2 Å². The van der Waals surface area contributed by atoms with Crippen molar-refractivity contribution in [1.29, 1.82) is 0 Å². The smallest absolute Gasteiger partial charge is 0.252 e. The predicted molar refractivity (Wildman–Crippen MR) is 81.1 cm³/mol. The van der Waals surface area contributed by atoms with Crippen LogP contribution in [0.25, 0.3) is 0 Å². The third-order valence-electron chi connectivity index (χ3n) is 2.59. The van der Waals surface area contributed by atoms with Crippen molar-refractivity contribution in [3.8, 4) is 5.75 Å². The maximum Gasteiger partial charge on any atom is 0.252 e. The van der Waals surface area contributed by atoms with Crippen LogP contribution < -0.4 is 21.5 Å². The monoisotopic (exact) mass is 336 g/mol. The molecular formula is C13H13BrN4O2. The molecule has 0 bridgehead atoms. The van der Waals surface area contributed by atoms with Crippen LogP contribution >= 0.6 is 15.9 Å². The Hall–Kier alpha value is -2.28. The molecule has 0 saturated carbocycles. The van der Waals surface area contributed by atoms with E-state index < -0.39 is 5.91 Å². The lowest BCUT2D eigenvalue weighted by molar-refractivity contribution is 0.100. The van der Waals surface area contributed by atoms with Gasteiger partial charge in [-0.1, -0.05) is 15.9 Å². The highest BCUT2D eigenvalue weighted by molar-refractivity contribution is 9.10. The number of aromatic nitrogens is 1. The Morgan fingerprint density at radius 2 is 2.15 bits per heavy atom. The minimum Gasteiger partial charge on any atom is -0.495 e. The Labute approximate surface area is 124 Å². The molecule has 20 heavy (non-hydrogen) atoms. The van der Waals surface area contributed by atoms with Gasteiger partial charge in [0, 0.05) is 4.47 Å². The number of amides is 1. The van der Waals surface area contributed by atoms with E-state index >= 15 is 0 Å². The third kappa shape index (κ3) is 3.00. The molecule has 0 aliphatic heterocycles. The first-order chi connectivity index (χ1) is 9.51. The van der Waals surface area contributed by atoms with E-state index in [1.54, 1.807) is 13.2 Å². The number of halogens is 1. The molecule has 6 nitrogen and oxygen atoms in total. The topological polar surface area (TPSA) is 103 Å². The van der Waals surface area contributed by atoms with Crippen molar-refractivity contribution in [3.63, 3.8) is 0 Å². The summed E-state index contributed by atoms with van der Waals surface area (Å²) in [6.07, 6.45) is 1.44. The zero-order chi connectivity index (χ0) is 14.7. The van der Waals surface area contributed by atoms with Gasteiger partial charge < -0.3 is 21.5 Å². The van der Waals surface area contributed by atoms with Crippen LogP contribution in [-0.4, -0.2) is 18.0 Å². The largest absolute Gasteiger partial charge is 0.495 e. The summed E-state index contributed by atoms with van der Waals surface area (Å²) in [5.74, 6) is 0.326. The van der Waals surface area contributed by atoms with Gasteiger partial charge in [-0.25, -0.2) is 4.98 Å². The molecule has 0 spiro atoms. The SMILES string of the molecule is COc1ccc(Br)cc1Nc1ncc(N)cc1C(N)=O. The number of nitrogens with one attached hydrogen (secondary N) is 1. The molecule has 0 aliphatic rings. The van der Waals surface area contributed by atoms with E-state index in [2.05, 4.69) is 26.2 Å². The van der Waals surface area contributed by atoms with Gasteiger partial charge in [0.05, 0.1) is 30.2 Å². The Bertz CT molecular complexity index is 661. The molecular weight excluding hydrogens is 324 g/mol. The van der Waals surface area contributed by atoms with Crippen molar-refractivity contribution in [3.05, 3.63) is 40.5 Å². The van der Waals surface area contributed by atoms with Gasteiger partial charge >= 0.3 is 0 Å². The highest BCUT2D eigenvalue weighted by atomic mass is 79.9. The van der Waals surface area contributed by atoms with Crippen molar-refractivity contribution in [2.45, 2.75) is 0 Å². The summed E-state index contributed by atoms with van der Waals surface area (Å²) in [5.41, 5.74) is 12.2. The molecule has 1 aromatic carbocycles. The van der Waals surface area contributed by atoms with E-state index in [-0.39, 0.29) is 5.56 Å². The quantitative estimate of drug-likeness (QED) is 0.794. The van der Waals surface area contributed by atoms with Gasteiger partial charge in [-0.15, -0.1) is 0 Å². The number of nitrogens with two attached hydrogens (primary N) is 2. The number of rotatable bonds is 4. The molecule has 0 aliphatic carbocycles. The highest BCUT2D eigenvalue weighted by Gasteiger charge is 2.12. The van der Waals surface area contributed by atoms with Crippen molar-refractivity contribution < 1.29 is 9.53 Å². The number of anilines is 3. The predicted octanol–water partition coefficient (Wildman–Crippen LogP) is 2.28. The van der Waals surface area contributed by atoms with Crippen molar-refractivity contribution in [2.75, 3.05) is 18.2 Å². The third-order valence-corrected chi connectivity index (χ3v) is 3.08. The number of carbonyl (C=O) groups excluding carboxylic acids is 1. The summed E-state index contributed by atoms with van der Waals surface area (Å²) in [4.78, 5) is 15.5. The summed E-state index contributed by atoms with van der Waals surface area (Å²) < 4.78 is 6.10. The van der Waals surface area contributed by atoms with E-state index in [0.29, 0.717) is 22.9 Å². The highest BCUT2D eigenvalue weighted by Crippen LogP contribution is 2.31. The second-order valence-corrected chi connectivity index (χ2v) is 4.91. The van der Waals surface area contributed by atoms with Crippen LogP contribution in [0.4, 0.5) is 17.2 Å². The van der Waals surface area contributed by atoms with Gasteiger partial charge in [-0.05, 0) is 24.3 Å². The molecule has 1 aromatic heterocycles. The van der Waals surface area contributed by atoms with E-state index in [9.17, 15) is 4.79 Å². The Morgan fingerprint density at radius 3 is 2.80 bits per heavy atom. The summed E-state index contributed by atoms with van der Waals surface area (Å²) in [7, 11) is 1.56. The van der Waals surface area contributed by atoms with Crippen LogP contribution in [0.2, 0.25) is 0 Å². The normalized spacial score (nSPS) is 10.1. The summed E-state index contributed by atoms with van der Waals surface area (Å²) >= 11 is 3.37. The number of hydrogen-bond acceptors (Lipinski definition) is 5. The van der Waals surface area contributed by atoms with Gasteiger partial charge in [0.15, 0.2) is 0 Å². The molecule has 5 N–H and O–H groups in total.